The van der Waals surface area contributed by atoms with Gasteiger partial charge in [0.25, 0.3) is 0 Å². The molecule has 1 aromatic carbocycles. The summed E-state index contributed by atoms with van der Waals surface area (Å²) in [6, 6.07) is 9.47. The van der Waals surface area contributed by atoms with Crippen LogP contribution in [0, 0.1) is 6.92 Å². The first-order chi connectivity index (χ1) is 12.1. The Morgan fingerprint density at radius 3 is 2.56 bits per heavy atom. The smallest absolute Gasteiger partial charge is 0.224 e. The van der Waals surface area contributed by atoms with Gasteiger partial charge >= 0.3 is 0 Å². The Morgan fingerprint density at radius 2 is 1.76 bits per heavy atom. The van der Waals surface area contributed by atoms with Crippen molar-refractivity contribution in [3.63, 3.8) is 0 Å². The molecule has 5 nitrogen and oxygen atoms in total. The molecule has 0 amide bonds. The molecule has 3 aromatic rings. The average Bonchev–Trinajstić information content (AvgIpc) is 2.57. The molecule has 0 unspecified atom stereocenters. The maximum absolute atomic E-state index is 6.02. The van der Waals surface area contributed by atoms with E-state index in [9.17, 15) is 0 Å². The van der Waals surface area contributed by atoms with Gasteiger partial charge in [0.2, 0.25) is 5.95 Å². The van der Waals surface area contributed by atoms with Crippen molar-refractivity contribution >= 4 is 45.7 Å². The Balaban J connectivity index is 1.46. The number of unbranched alkanes of at least 4 members (excludes halogenated alkanes) is 1. The molecule has 0 fully saturated rings. The zero-order valence-corrected chi connectivity index (χ0v) is 15.4. The molecule has 0 aliphatic rings. The SMILES string of the molecule is Cc1cc(Cl)nc(NCCCCNc2ccnc3cc(Cl)ccc23)n1. The van der Waals surface area contributed by atoms with Crippen LogP contribution in [0.15, 0.2) is 36.5 Å². The summed E-state index contributed by atoms with van der Waals surface area (Å²) >= 11 is 11.9. The van der Waals surface area contributed by atoms with E-state index in [0.29, 0.717) is 16.1 Å². The van der Waals surface area contributed by atoms with Gasteiger partial charge in [-0.25, -0.2) is 9.97 Å². The van der Waals surface area contributed by atoms with Crippen molar-refractivity contribution < 1.29 is 0 Å². The van der Waals surface area contributed by atoms with Gasteiger partial charge in [0, 0.05) is 41.1 Å². The lowest BCUT2D eigenvalue weighted by Crippen LogP contribution is -2.09. The van der Waals surface area contributed by atoms with Gasteiger partial charge in [0.15, 0.2) is 0 Å². The van der Waals surface area contributed by atoms with Crippen molar-refractivity contribution in [1.82, 2.24) is 15.0 Å². The largest absolute Gasteiger partial charge is 0.384 e. The Morgan fingerprint density at radius 1 is 0.960 bits per heavy atom. The quantitative estimate of drug-likeness (QED) is 0.452. The number of halogens is 2. The number of aromatic nitrogens is 3. The molecule has 25 heavy (non-hydrogen) atoms. The van der Waals surface area contributed by atoms with Gasteiger partial charge < -0.3 is 10.6 Å². The molecule has 0 spiro atoms. The lowest BCUT2D eigenvalue weighted by atomic mass is 10.2. The van der Waals surface area contributed by atoms with Gasteiger partial charge in [-0.3, -0.25) is 4.98 Å². The van der Waals surface area contributed by atoms with E-state index in [-0.39, 0.29) is 0 Å². The van der Waals surface area contributed by atoms with Gasteiger partial charge in [0.1, 0.15) is 5.15 Å². The van der Waals surface area contributed by atoms with E-state index in [1.165, 1.54) is 0 Å². The van der Waals surface area contributed by atoms with Crippen molar-refractivity contribution in [2.45, 2.75) is 19.8 Å². The second-order valence-corrected chi connectivity index (χ2v) is 6.56. The standard InChI is InChI=1S/C18H19Cl2N5/c1-12-10-17(20)25-18(24-12)23-8-3-2-7-21-15-6-9-22-16-11-13(19)4-5-14(15)16/h4-6,9-11H,2-3,7-8H2,1H3,(H,21,22)(H,23,24,25). The van der Waals surface area contributed by atoms with Crippen LogP contribution in [0.3, 0.4) is 0 Å². The minimum atomic E-state index is 0.460. The molecule has 0 aliphatic carbocycles. The first-order valence-electron chi connectivity index (χ1n) is 8.15. The van der Waals surface area contributed by atoms with Crippen LogP contribution >= 0.6 is 23.2 Å². The monoisotopic (exact) mass is 375 g/mol. The van der Waals surface area contributed by atoms with E-state index in [2.05, 4.69) is 25.6 Å². The fourth-order valence-corrected chi connectivity index (χ4v) is 2.96. The average molecular weight is 376 g/mol. The highest BCUT2D eigenvalue weighted by molar-refractivity contribution is 6.31. The summed E-state index contributed by atoms with van der Waals surface area (Å²) in [5.41, 5.74) is 2.82. The second-order valence-electron chi connectivity index (χ2n) is 5.74. The van der Waals surface area contributed by atoms with Crippen LogP contribution in [0.5, 0.6) is 0 Å². The van der Waals surface area contributed by atoms with Crippen molar-refractivity contribution in [2.75, 3.05) is 23.7 Å². The highest BCUT2D eigenvalue weighted by Crippen LogP contribution is 2.24. The number of nitrogens with one attached hydrogen (secondary N) is 2. The number of rotatable bonds is 7. The fourth-order valence-electron chi connectivity index (χ4n) is 2.56. The summed E-state index contributed by atoms with van der Waals surface area (Å²) in [5.74, 6) is 0.579. The van der Waals surface area contributed by atoms with Crippen LogP contribution in [0.2, 0.25) is 10.2 Å². The molecule has 0 bridgehead atoms. The lowest BCUT2D eigenvalue weighted by Gasteiger charge is -2.10. The summed E-state index contributed by atoms with van der Waals surface area (Å²) in [7, 11) is 0. The van der Waals surface area contributed by atoms with E-state index >= 15 is 0 Å². The maximum atomic E-state index is 6.02. The molecular weight excluding hydrogens is 357 g/mol. The van der Waals surface area contributed by atoms with Gasteiger partial charge in [-0.05, 0) is 50.1 Å². The van der Waals surface area contributed by atoms with Gasteiger partial charge in [0.05, 0.1) is 5.52 Å². The summed E-state index contributed by atoms with van der Waals surface area (Å²) in [6.07, 6.45) is 3.81. The van der Waals surface area contributed by atoms with Gasteiger partial charge in [-0.2, -0.15) is 0 Å². The predicted octanol–water partition coefficient (Wildman–Crippen LogP) is 4.94. The predicted molar refractivity (Wildman–Crippen MR) is 105 cm³/mol. The van der Waals surface area contributed by atoms with Crippen LogP contribution < -0.4 is 10.6 Å². The molecular formula is C18H19Cl2N5. The topological polar surface area (TPSA) is 62.7 Å². The molecule has 0 saturated heterocycles. The number of hydrogen-bond donors (Lipinski definition) is 2. The molecule has 0 radical (unpaired) electrons. The third-order valence-corrected chi connectivity index (χ3v) is 4.16. The Bertz CT molecular complexity index is 849. The number of benzene rings is 1. The van der Waals surface area contributed by atoms with E-state index in [4.69, 9.17) is 23.2 Å². The van der Waals surface area contributed by atoms with E-state index in [0.717, 1.165) is 48.2 Å². The molecule has 2 N–H and O–H groups in total. The zero-order chi connectivity index (χ0) is 17.6. The number of hydrogen-bond acceptors (Lipinski definition) is 5. The van der Waals surface area contributed by atoms with Crippen LogP contribution in [-0.4, -0.2) is 28.0 Å². The van der Waals surface area contributed by atoms with Gasteiger partial charge in [-0.1, -0.05) is 23.2 Å². The summed E-state index contributed by atoms with van der Waals surface area (Å²) in [6.45, 7) is 3.57. The number of pyridine rings is 1. The number of nitrogens with zero attached hydrogens (tertiary/aromatic N) is 3. The maximum Gasteiger partial charge on any atom is 0.224 e. The molecule has 2 aromatic heterocycles. The van der Waals surface area contributed by atoms with Crippen LogP contribution in [0.1, 0.15) is 18.5 Å². The summed E-state index contributed by atoms with van der Waals surface area (Å²) < 4.78 is 0. The van der Waals surface area contributed by atoms with Crippen LogP contribution in [0.4, 0.5) is 11.6 Å². The minimum absolute atomic E-state index is 0.460. The van der Waals surface area contributed by atoms with E-state index < -0.39 is 0 Å². The minimum Gasteiger partial charge on any atom is -0.384 e. The van der Waals surface area contributed by atoms with Crippen LogP contribution in [0.25, 0.3) is 10.9 Å². The van der Waals surface area contributed by atoms with E-state index in [1.807, 2.05) is 31.2 Å². The first-order valence-corrected chi connectivity index (χ1v) is 8.90. The number of fused-ring (bicyclic) bond motifs is 1. The first kappa shape index (κ1) is 17.7. The van der Waals surface area contributed by atoms with Crippen molar-refractivity contribution in [2.24, 2.45) is 0 Å². The Labute approximate surface area is 156 Å². The molecule has 0 saturated carbocycles. The molecule has 7 heteroatoms. The third-order valence-electron chi connectivity index (χ3n) is 3.73. The van der Waals surface area contributed by atoms with E-state index in [1.54, 1.807) is 12.3 Å². The normalized spacial score (nSPS) is 10.8. The Kier molecular flexibility index (Phi) is 5.89. The summed E-state index contributed by atoms with van der Waals surface area (Å²) in [4.78, 5) is 12.8. The highest BCUT2D eigenvalue weighted by atomic mass is 35.5. The van der Waals surface area contributed by atoms with Crippen molar-refractivity contribution in [3.8, 4) is 0 Å². The van der Waals surface area contributed by atoms with Crippen molar-refractivity contribution in [3.05, 3.63) is 52.4 Å². The lowest BCUT2D eigenvalue weighted by molar-refractivity contribution is 0.790. The molecule has 130 valence electrons. The number of anilines is 2. The second kappa shape index (κ2) is 8.32. The highest BCUT2D eigenvalue weighted by Gasteiger charge is 2.03. The molecule has 0 aliphatic heterocycles. The molecule has 0 atom stereocenters. The molecule has 3 rings (SSSR count). The zero-order valence-electron chi connectivity index (χ0n) is 13.9. The summed E-state index contributed by atoms with van der Waals surface area (Å²) in [5, 5.41) is 8.89. The van der Waals surface area contributed by atoms with Crippen molar-refractivity contribution in [1.29, 1.82) is 0 Å². The fraction of sp³-hybridized carbons (Fsp3) is 0.278. The third kappa shape index (κ3) is 4.94. The van der Waals surface area contributed by atoms with Gasteiger partial charge in [-0.15, -0.1) is 0 Å². The molecule has 2 heterocycles. The Hall–Kier alpha value is -2.11. The van der Waals surface area contributed by atoms with Crippen LogP contribution in [-0.2, 0) is 0 Å². The number of aryl methyl sites for hydroxylation is 1.